The maximum Gasteiger partial charge on any atom is 0.227 e. The summed E-state index contributed by atoms with van der Waals surface area (Å²) in [5, 5.41) is 0. The summed E-state index contributed by atoms with van der Waals surface area (Å²) < 4.78 is 0. The fourth-order valence-electron chi connectivity index (χ4n) is 3.03. The number of nitrogens with two attached hydrogens (primary N) is 1. The Balaban J connectivity index is 1.92. The highest BCUT2D eigenvalue weighted by atomic mass is 16.2. The van der Waals surface area contributed by atoms with Crippen molar-refractivity contribution in [3.05, 3.63) is 0 Å². The van der Waals surface area contributed by atoms with E-state index >= 15 is 0 Å². The predicted octanol–water partition coefficient (Wildman–Crippen LogP) is 2.15. The molecule has 0 aromatic heterocycles. The number of nitrogens with zero attached hydrogens (tertiary/aromatic N) is 1. The van der Waals surface area contributed by atoms with Gasteiger partial charge in [-0.1, -0.05) is 26.7 Å². The lowest BCUT2D eigenvalue weighted by Gasteiger charge is -2.40. The fraction of sp³-hybridized carbons (Fsp3) is 0.929. The van der Waals surface area contributed by atoms with Crippen LogP contribution in [0.25, 0.3) is 0 Å². The van der Waals surface area contributed by atoms with Crippen LogP contribution in [0.5, 0.6) is 0 Å². The van der Waals surface area contributed by atoms with Gasteiger partial charge < -0.3 is 10.6 Å². The highest BCUT2D eigenvalue weighted by Crippen LogP contribution is 2.32. The SMILES string of the molecule is CC1(C)CCN(C(=O)C2CCCCC2N)CC1. The van der Waals surface area contributed by atoms with E-state index in [1.807, 2.05) is 0 Å². The number of likely N-dealkylation sites (tertiary alicyclic amines) is 1. The molecule has 1 saturated heterocycles. The summed E-state index contributed by atoms with van der Waals surface area (Å²) in [6.45, 7) is 6.44. The first-order valence-corrected chi connectivity index (χ1v) is 7.04. The topological polar surface area (TPSA) is 46.3 Å². The molecular formula is C14H26N2O. The lowest BCUT2D eigenvalue weighted by atomic mass is 9.80. The number of hydrogen-bond donors (Lipinski definition) is 1. The van der Waals surface area contributed by atoms with Gasteiger partial charge in [0.15, 0.2) is 0 Å². The lowest BCUT2D eigenvalue weighted by molar-refractivity contribution is -0.139. The molecule has 3 nitrogen and oxygen atoms in total. The summed E-state index contributed by atoms with van der Waals surface area (Å²) in [6.07, 6.45) is 6.64. The molecule has 1 aliphatic carbocycles. The van der Waals surface area contributed by atoms with Gasteiger partial charge in [0.1, 0.15) is 0 Å². The third-order valence-electron chi connectivity index (χ3n) is 4.57. The van der Waals surface area contributed by atoms with Crippen molar-refractivity contribution in [3.63, 3.8) is 0 Å². The Bertz CT molecular complexity index is 278. The molecule has 0 spiro atoms. The molecular weight excluding hydrogens is 212 g/mol. The second kappa shape index (κ2) is 4.97. The maximum absolute atomic E-state index is 12.4. The zero-order valence-corrected chi connectivity index (χ0v) is 11.2. The van der Waals surface area contributed by atoms with Crippen LogP contribution in [0, 0.1) is 11.3 Å². The van der Waals surface area contributed by atoms with Gasteiger partial charge >= 0.3 is 0 Å². The Hall–Kier alpha value is -0.570. The molecule has 1 aliphatic heterocycles. The molecule has 3 heteroatoms. The molecule has 1 saturated carbocycles. The van der Waals surface area contributed by atoms with Gasteiger partial charge in [0, 0.05) is 19.1 Å². The van der Waals surface area contributed by atoms with Gasteiger partial charge in [0.2, 0.25) is 5.91 Å². The van der Waals surface area contributed by atoms with Gasteiger partial charge in [-0.25, -0.2) is 0 Å². The number of rotatable bonds is 1. The average Bonchev–Trinajstić information content (AvgIpc) is 2.29. The largest absolute Gasteiger partial charge is 0.342 e. The molecule has 1 amide bonds. The van der Waals surface area contributed by atoms with E-state index in [1.54, 1.807) is 0 Å². The highest BCUT2D eigenvalue weighted by Gasteiger charge is 2.34. The number of piperidine rings is 1. The van der Waals surface area contributed by atoms with E-state index in [0.717, 1.165) is 38.8 Å². The van der Waals surface area contributed by atoms with Crippen molar-refractivity contribution in [1.29, 1.82) is 0 Å². The first kappa shape index (κ1) is 12.9. The Labute approximate surface area is 105 Å². The van der Waals surface area contributed by atoms with E-state index in [-0.39, 0.29) is 12.0 Å². The minimum Gasteiger partial charge on any atom is -0.342 e. The normalized spacial score (nSPS) is 33.5. The molecule has 2 N–H and O–H groups in total. The van der Waals surface area contributed by atoms with Crippen molar-refractivity contribution >= 4 is 5.91 Å². The van der Waals surface area contributed by atoms with Crippen LogP contribution in [-0.2, 0) is 4.79 Å². The molecule has 0 radical (unpaired) electrons. The van der Waals surface area contributed by atoms with Crippen LogP contribution in [0.3, 0.4) is 0 Å². The van der Waals surface area contributed by atoms with Gasteiger partial charge in [-0.2, -0.15) is 0 Å². The van der Waals surface area contributed by atoms with Crippen LogP contribution in [0.4, 0.5) is 0 Å². The highest BCUT2D eigenvalue weighted by molar-refractivity contribution is 5.79. The fourth-order valence-corrected chi connectivity index (χ4v) is 3.03. The number of hydrogen-bond acceptors (Lipinski definition) is 2. The maximum atomic E-state index is 12.4. The van der Waals surface area contributed by atoms with Crippen LogP contribution in [0.15, 0.2) is 0 Å². The second-order valence-corrected chi connectivity index (χ2v) is 6.54. The summed E-state index contributed by atoms with van der Waals surface area (Å²) in [5.74, 6) is 0.428. The molecule has 2 fully saturated rings. The zero-order chi connectivity index (χ0) is 12.5. The molecule has 17 heavy (non-hydrogen) atoms. The van der Waals surface area contributed by atoms with Crippen molar-refractivity contribution in [2.75, 3.05) is 13.1 Å². The van der Waals surface area contributed by atoms with Crippen LogP contribution in [0.2, 0.25) is 0 Å². The summed E-state index contributed by atoms with van der Waals surface area (Å²) in [6, 6.07) is 0.103. The van der Waals surface area contributed by atoms with Gasteiger partial charge in [-0.15, -0.1) is 0 Å². The quantitative estimate of drug-likeness (QED) is 0.761. The van der Waals surface area contributed by atoms with Crippen molar-refractivity contribution in [3.8, 4) is 0 Å². The van der Waals surface area contributed by atoms with Crippen LogP contribution >= 0.6 is 0 Å². The molecule has 98 valence electrons. The summed E-state index contributed by atoms with van der Waals surface area (Å²) in [7, 11) is 0. The molecule has 0 aromatic rings. The van der Waals surface area contributed by atoms with E-state index in [1.165, 1.54) is 12.8 Å². The van der Waals surface area contributed by atoms with Crippen molar-refractivity contribution in [1.82, 2.24) is 4.90 Å². The second-order valence-electron chi connectivity index (χ2n) is 6.54. The molecule has 0 bridgehead atoms. The molecule has 2 aliphatic rings. The van der Waals surface area contributed by atoms with E-state index < -0.39 is 0 Å². The Morgan fingerprint density at radius 2 is 1.76 bits per heavy atom. The third kappa shape index (κ3) is 3.01. The van der Waals surface area contributed by atoms with Gasteiger partial charge in [0.25, 0.3) is 0 Å². The van der Waals surface area contributed by atoms with Gasteiger partial charge in [-0.3, -0.25) is 4.79 Å². The van der Waals surface area contributed by atoms with Gasteiger partial charge in [-0.05, 0) is 31.1 Å². The van der Waals surface area contributed by atoms with Crippen molar-refractivity contribution < 1.29 is 4.79 Å². The predicted molar refractivity (Wildman–Crippen MR) is 69.5 cm³/mol. The smallest absolute Gasteiger partial charge is 0.227 e. The molecule has 0 aromatic carbocycles. The van der Waals surface area contributed by atoms with Crippen molar-refractivity contribution in [2.24, 2.45) is 17.1 Å². The first-order valence-electron chi connectivity index (χ1n) is 7.04. The van der Waals surface area contributed by atoms with Crippen LogP contribution in [-0.4, -0.2) is 29.9 Å². The van der Waals surface area contributed by atoms with E-state index in [9.17, 15) is 4.79 Å². The number of amides is 1. The third-order valence-corrected chi connectivity index (χ3v) is 4.57. The summed E-state index contributed by atoms with van der Waals surface area (Å²) >= 11 is 0. The standard InChI is InChI=1S/C14H26N2O/c1-14(2)7-9-16(10-8-14)13(17)11-5-3-4-6-12(11)15/h11-12H,3-10,15H2,1-2H3. The lowest BCUT2D eigenvalue weighted by Crippen LogP contribution is -2.49. The van der Waals surface area contributed by atoms with Gasteiger partial charge in [0.05, 0.1) is 5.92 Å². The monoisotopic (exact) mass is 238 g/mol. The van der Waals surface area contributed by atoms with E-state index in [2.05, 4.69) is 18.7 Å². The molecule has 2 atom stereocenters. The summed E-state index contributed by atoms with van der Waals surface area (Å²) in [4.78, 5) is 14.5. The Kier molecular flexibility index (Phi) is 3.76. The van der Waals surface area contributed by atoms with E-state index in [4.69, 9.17) is 5.73 Å². The number of carbonyl (C=O) groups excluding carboxylic acids is 1. The Morgan fingerprint density at radius 3 is 2.35 bits per heavy atom. The minimum absolute atomic E-state index is 0.102. The number of carbonyl (C=O) groups is 1. The summed E-state index contributed by atoms with van der Waals surface area (Å²) in [5.41, 5.74) is 6.50. The van der Waals surface area contributed by atoms with E-state index in [0.29, 0.717) is 11.3 Å². The van der Waals surface area contributed by atoms with Crippen LogP contribution < -0.4 is 5.73 Å². The first-order chi connectivity index (χ1) is 7.99. The average molecular weight is 238 g/mol. The minimum atomic E-state index is 0.102. The Morgan fingerprint density at radius 1 is 1.18 bits per heavy atom. The molecule has 1 heterocycles. The van der Waals surface area contributed by atoms with Crippen molar-refractivity contribution in [2.45, 2.75) is 58.4 Å². The molecule has 2 rings (SSSR count). The zero-order valence-electron chi connectivity index (χ0n) is 11.2. The van der Waals surface area contributed by atoms with Crippen LogP contribution in [0.1, 0.15) is 52.4 Å². The molecule has 2 unspecified atom stereocenters.